The molecule has 2 aromatic heterocycles. The van der Waals surface area contributed by atoms with Gasteiger partial charge in [0, 0.05) is 25.0 Å². The first-order valence-corrected chi connectivity index (χ1v) is 8.32. The summed E-state index contributed by atoms with van der Waals surface area (Å²) in [7, 11) is 1.82. The van der Waals surface area contributed by atoms with E-state index in [2.05, 4.69) is 16.3 Å². The van der Waals surface area contributed by atoms with Crippen LogP contribution >= 0.6 is 11.3 Å². The van der Waals surface area contributed by atoms with Crippen molar-refractivity contribution in [1.29, 1.82) is 0 Å². The molecule has 0 radical (unpaired) electrons. The molecule has 0 saturated heterocycles. The topological polar surface area (TPSA) is 38.1 Å². The molecule has 1 aliphatic rings. The molecule has 22 heavy (non-hydrogen) atoms. The van der Waals surface area contributed by atoms with Gasteiger partial charge in [-0.15, -0.1) is 11.3 Å². The van der Waals surface area contributed by atoms with E-state index in [0.717, 1.165) is 30.9 Å². The highest BCUT2D eigenvalue weighted by molar-refractivity contribution is 7.10. The molecule has 5 heteroatoms. The van der Waals surface area contributed by atoms with Gasteiger partial charge in [-0.2, -0.15) is 0 Å². The van der Waals surface area contributed by atoms with Crippen LogP contribution in [0.3, 0.4) is 0 Å². The van der Waals surface area contributed by atoms with Gasteiger partial charge in [0.25, 0.3) is 5.56 Å². The normalized spacial score (nSPS) is 15.1. The van der Waals surface area contributed by atoms with Crippen LogP contribution < -0.4 is 5.56 Å². The van der Waals surface area contributed by atoms with E-state index < -0.39 is 0 Å². The fourth-order valence-electron chi connectivity index (χ4n) is 3.05. The number of thiophene rings is 1. The maximum Gasteiger partial charge on any atom is 0.261 e. The Morgan fingerprint density at radius 1 is 1.27 bits per heavy atom. The minimum Gasteiger partial charge on any atom is -0.298 e. The Hall–Kier alpha value is -1.98. The van der Waals surface area contributed by atoms with Crippen molar-refractivity contribution in [3.8, 4) is 0 Å². The van der Waals surface area contributed by atoms with Crippen molar-refractivity contribution < 1.29 is 0 Å². The summed E-state index contributed by atoms with van der Waals surface area (Å²) in [5.74, 6) is 0.836. The third kappa shape index (κ3) is 2.26. The van der Waals surface area contributed by atoms with E-state index in [1.807, 2.05) is 42.6 Å². The molecule has 0 aliphatic carbocycles. The molecule has 0 bridgehead atoms. The van der Waals surface area contributed by atoms with Crippen LogP contribution in [-0.2, 0) is 26.6 Å². The Morgan fingerprint density at radius 3 is 3.05 bits per heavy atom. The summed E-state index contributed by atoms with van der Waals surface area (Å²) in [6.45, 7) is 2.68. The van der Waals surface area contributed by atoms with Gasteiger partial charge in [-0.1, -0.05) is 12.1 Å². The van der Waals surface area contributed by atoms with Crippen molar-refractivity contribution in [3.05, 3.63) is 62.3 Å². The van der Waals surface area contributed by atoms with Crippen LogP contribution in [0.5, 0.6) is 0 Å². The lowest BCUT2D eigenvalue weighted by Crippen LogP contribution is -2.33. The maximum absolute atomic E-state index is 12.5. The third-order valence-electron chi connectivity index (χ3n) is 4.33. The number of aromatic nitrogens is 2. The summed E-state index contributed by atoms with van der Waals surface area (Å²) in [6, 6.07) is 9.77. The Morgan fingerprint density at radius 2 is 2.14 bits per heavy atom. The second kappa shape index (κ2) is 5.34. The van der Waals surface area contributed by atoms with Crippen LogP contribution in [0.2, 0.25) is 0 Å². The second-order valence-corrected chi connectivity index (χ2v) is 6.74. The fraction of sp³-hybridized carbons (Fsp3) is 0.294. The zero-order valence-corrected chi connectivity index (χ0v) is 13.3. The first kappa shape index (κ1) is 13.7. The van der Waals surface area contributed by atoms with Gasteiger partial charge in [0.15, 0.2) is 0 Å². The van der Waals surface area contributed by atoms with E-state index in [1.165, 1.54) is 10.4 Å². The molecule has 0 spiro atoms. The first-order valence-electron chi connectivity index (χ1n) is 7.44. The molecule has 4 nitrogen and oxygen atoms in total. The van der Waals surface area contributed by atoms with Gasteiger partial charge in [0.1, 0.15) is 5.82 Å². The standard InChI is InChI=1S/C17H17N3OS/c1-19-16(18-14-5-3-2-4-13(14)17(19)21)11-20-8-6-15-12(10-20)7-9-22-15/h2-5,7,9H,6,8,10-11H2,1H3. The van der Waals surface area contributed by atoms with Gasteiger partial charge in [-0.3, -0.25) is 14.3 Å². The van der Waals surface area contributed by atoms with Gasteiger partial charge in [-0.05, 0) is 35.6 Å². The summed E-state index contributed by atoms with van der Waals surface area (Å²) >= 11 is 1.84. The monoisotopic (exact) mass is 311 g/mol. The van der Waals surface area contributed by atoms with E-state index in [9.17, 15) is 4.79 Å². The molecular weight excluding hydrogens is 294 g/mol. The molecule has 0 fully saturated rings. The van der Waals surface area contributed by atoms with Crippen LogP contribution in [0, 0.1) is 0 Å². The predicted molar refractivity (Wildman–Crippen MR) is 89.1 cm³/mol. The van der Waals surface area contributed by atoms with Crippen molar-refractivity contribution in [1.82, 2.24) is 14.5 Å². The van der Waals surface area contributed by atoms with Crippen LogP contribution in [0.1, 0.15) is 16.3 Å². The molecule has 1 aliphatic heterocycles. The molecule has 0 N–H and O–H groups in total. The molecule has 3 heterocycles. The maximum atomic E-state index is 12.5. The zero-order chi connectivity index (χ0) is 15.1. The summed E-state index contributed by atoms with van der Waals surface area (Å²) in [6.07, 6.45) is 1.09. The lowest BCUT2D eigenvalue weighted by Gasteiger charge is -2.27. The average molecular weight is 311 g/mol. The lowest BCUT2D eigenvalue weighted by molar-refractivity contribution is 0.238. The highest BCUT2D eigenvalue weighted by atomic mass is 32.1. The van der Waals surface area contributed by atoms with Crippen LogP contribution in [0.15, 0.2) is 40.5 Å². The summed E-state index contributed by atoms with van der Waals surface area (Å²) in [4.78, 5) is 21.0. The van der Waals surface area contributed by atoms with E-state index in [1.54, 1.807) is 4.57 Å². The first-order chi connectivity index (χ1) is 10.7. The van der Waals surface area contributed by atoms with E-state index in [4.69, 9.17) is 4.98 Å². The minimum atomic E-state index is 0.0360. The molecular formula is C17H17N3OS. The Bertz CT molecular complexity index is 896. The zero-order valence-electron chi connectivity index (χ0n) is 12.5. The van der Waals surface area contributed by atoms with Crippen molar-refractivity contribution in [2.24, 2.45) is 7.05 Å². The molecule has 1 aromatic carbocycles. The minimum absolute atomic E-state index is 0.0360. The quantitative estimate of drug-likeness (QED) is 0.730. The molecule has 112 valence electrons. The summed E-state index contributed by atoms with van der Waals surface area (Å²) < 4.78 is 1.69. The average Bonchev–Trinajstić information content (AvgIpc) is 3.00. The largest absolute Gasteiger partial charge is 0.298 e. The molecule has 4 rings (SSSR count). The Labute approximate surface area is 132 Å². The number of benzene rings is 1. The van der Waals surface area contributed by atoms with Crippen LogP contribution in [0.25, 0.3) is 10.9 Å². The number of para-hydroxylation sites is 1. The molecule has 3 aromatic rings. The Balaban J connectivity index is 1.68. The number of rotatable bonds is 2. The van der Waals surface area contributed by atoms with Gasteiger partial charge in [0.05, 0.1) is 17.4 Å². The van der Waals surface area contributed by atoms with Crippen molar-refractivity contribution in [2.45, 2.75) is 19.5 Å². The highest BCUT2D eigenvalue weighted by Crippen LogP contribution is 2.24. The second-order valence-electron chi connectivity index (χ2n) is 5.74. The highest BCUT2D eigenvalue weighted by Gasteiger charge is 2.19. The van der Waals surface area contributed by atoms with E-state index >= 15 is 0 Å². The van der Waals surface area contributed by atoms with Crippen molar-refractivity contribution >= 4 is 22.2 Å². The fourth-order valence-corrected chi connectivity index (χ4v) is 3.94. The van der Waals surface area contributed by atoms with Crippen molar-refractivity contribution in [2.75, 3.05) is 6.54 Å². The van der Waals surface area contributed by atoms with Crippen LogP contribution in [0.4, 0.5) is 0 Å². The number of hydrogen-bond acceptors (Lipinski definition) is 4. The third-order valence-corrected chi connectivity index (χ3v) is 5.35. The number of hydrogen-bond donors (Lipinski definition) is 0. The summed E-state index contributed by atoms with van der Waals surface area (Å²) in [5.41, 5.74) is 2.24. The smallest absolute Gasteiger partial charge is 0.261 e. The molecule has 0 atom stereocenters. The molecule has 0 saturated carbocycles. The van der Waals surface area contributed by atoms with Gasteiger partial charge < -0.3 is 0 Å². The summed E-state index contributed by atoms with van der Waals surface area (Å²) in [5, 5.41) is 2.85. The Kier molecular flexibility index (Phi) is 3.32. The molecule has 0 amide bonds. The molecule has 0 unspecified atom stereocenters. The number of fused-ring (bicyclic) bond motifs is 2. The van der Waals surface area contributed by atoms with Gasteiger partial charge in [0.2, 0.25) is 0 Å². The van der Waals surface area contributed by atoms with Crippen LogP contribution in [-0.4, -0.2) is 21.0 Å². The predicted octanol–water partition coefficient (Wildman–Crippen LogP) is 2.55. The van der Waals surface area contributed by atoms with E-state index in [-0.39, 0.29) is 5.56 Å². The van der Waals surface area contributed by atoms with Crippen molar-refractivity contribution in [3.63, 3.8) is 0 Å². The lowest BCUT2D eigenvalue weighted by atomic mass is 10.1. The van der Waals surface area contributed by atoms with Gasteiger partial charge in [-0.25, -0.2) is 4.98 Å². The SMILES string of the molecule is Cn1c(CN2CCc3sccc3C2)nc2ccccc2c1=O. The van der Waals surface area contributed by atoms with Gasteiger partial charge >= 0.3 is 0 Å². The number of nitrogens with zero attached hydrogens (tertiary/aromatic N) is 3. The van der Waals surface area contributed by atoms with E-state index in [0.29, 0.717) is 11.9 Å².